The molecular formula is C10H20N2O4S. The van der Waals surface area contributed by atoms with E-state index in [2.05, 4.69) is 4.90 Å². The maximum Gasteiger partial charge on any atom is 0.303 e. The first kappa shape index (κ1) is 14.4. The lowest BCUT2D eigenvalue weighted by Crippen LogP contribution is -2.38. The Labute approximate surface area is 102 Å². The Kier molecular flexibility index (Phi) is 5.35. The number of primary sulfonamides is 1. The van der Waals surface area contributed by atoms with E-state index < -0.39 is 16.0 Å². The Morgan fingerprint density at radius 3 is 2.41 bits per heavy atom. The number of nitrogens with two attached hydrogens (primary N) is 1. The largest absolute Gasteiger partial charge is 0.481 e. The number of aliphatic carboxylic acids is 1. The van der Waals surface area contributed by atoms with Gasteiger partial charge in [0, 0.05) is 13.0 Å². The number of likely N-dealkylation sites (tertiary alicyclic amines) is 1. The van der Waals surface area contributed by atoms with Crippen molar-refractivity contribution in [2.24, 2.45) is 11.1 Å². The van der Waals surface area contributed by atoms with Crippen molar-refractivity contribution >= 4 is 16.0 Å². The second-order valence-electron chi connectivity index (χ2n) is 4.58. The van der Waals surface area contributed by atoms with E-state index in [0.29, 0.717) is 12.5 Å². The van der Waals surface area contributed by atoms with Gasteiger partial charge in [-0.25, -0.2) is 13.6 Å². The Morgan fingerprint density at radius 1 is 1.35 bits per heavy atom. The maximum absolute atomic E-state index is 10.8. The summed E-state index contributed by atoms with van der Waals surface area (Å²) >= 11 is 0. The SMILES string of the molecule is NS(=O)(=O)CCN1CCC(CCC(=O)O)CC1. The third kappa shape index (κ3) is 6.60. The van der Waals surface area contributed by atoms with E-state index in [4.69, 9.17) is 10.2 Å². The summed E-state index contributed by atoms with van der Waals surface area (Å²) in [4.78, 5) is 12.5. The molecule has 0 spiro atoms. The van der Waals surface area contributed by atoms with Crippen molar-refractivity contribution in [2.75, 3.05) is 25.4 Å². The summed E-state index contributed by atoms with van der Waals surface area (Å²) in [5.74, 6) is -0.300. The number of hydrogen-bond acceptors (Lipinski definition) is 4. The minimum atomic E-state index is -3.38. The van der Waals surface area contributed by atoms with Crippen LogP contribution in [0.5, 0.6) is 0 Å². The molecule has 0 amide bonds. The molecule has 100 valence electrons. The predicted molar refractivity (Wildman–Crippen MR) is 64.0 cm³/mol. The minimum absolute atomic E-state index is 0.00715. The molecular weight excluding hydrogens is 244 g/mol. The molecule has 0 aromatic heterocycles. The van der Waals surface area contributed by atoms with Crippen LogP contribution >= 0.6 is 0 Å². The third-order valence-corrected chi connectivity index (χ3v) is 3.92. The van der Waals surface area contributed by atoms with Crippen molar-refractivity contribution in [1.82, 2.24) is 4.90 Å². The predicted octanol–water partition coefficient (Wildman–Crippen LogP) is -0.148. The molecule has 1 aliphatic heterocycles. The Balaban J connectivity index is 2.19. The summed E-state index contributed by atoms with van der Waals surface area (Å²) in [6, 6.07) is 0. The fourth-order valence-corrected chi connectivity index (χ4v) is 2.60. The lowest BCUT2D eigenvalue weighted by atomic mass is 9.92. The normalized spacial score (nSPS) is 19.4. The topological polar surface area (TPSA) is 101 Å². The number of nitrogens with zero attached hydrogens (tertiary/aromatic N) is 1. The number of rotatable bonds is 6. The van der Waals surface area contributed by atoms with Gasteiger partial charge in [0.05, 0.1) is 5.75 Å². The Hall–Kier alpha value is -0.660. The average molecular weight is 264 g/mol. The monoisotopic (exact) mass is 264 g/mol. The Bertz CT molecular complexity index is 347. The van der Waals surface area contributed by atoms with Crippen molar-refractivity contribution in [2.45, 2.75) is 25.7 Å². The van der Waals surface area contributed by atoms with Crippen LogP contribution in [0.2, 0.25) is 0 Å². The van der Waals surface area contributed by atoms with Crippen molar-refractivity contribution in [1.29, 1.82) is 0 Å². The smallest absolute Gasteiger partial charge is 0.303 e. The van der Waals surface area contributed by atoms with Crippen LogP contribution in [-0.4, -0.2) is 49.8 Å². The van der Waals surface area contributed by atoms with Crippen LogP contribution in [0.3, 0.4) is 0 Å². The molecule has 7 heteroatoms. The van der Waals surface area contributed by atoms with Gasteiger partial charge in [-0.3, -0.25) is 4.79 Å². The summed E-state index contributed by atoms with van der Waals surface area (Å²) in [6.07, 6.45) is 2.83. The van der Waals surface area contributed by atoms with Crippen LogP contribution in [0.1, 0.15) is 25.7 Å². The minimum Gasteiger partial charge on any atom is -0.481 e. The van der Waals surface area contributed by atoms with Crippen LogP contribution in [0.15, 0.2) is 0 Å². The number of sulfonamides is 1. The zero-order valence-corrected chi connectivity index (χ0v) is 10.7. The van der Waals surface area contributed by atoms with Crippen LogP contribution in [0.25, 0.3) is 0 Å². The summed E-state index contributed by atoms with van der Waals surface area (Å²) in [5.41, 5.74) is 0. The van der Waals surface area contributed by atoms with E-state index in [1.54, 1.807) is 0 Å². The standard InChI is InChI=1S/C10H20N2O4S/c11-17(15,16)8-7-12-5-3-9(4-6-12)1-2-10(13)14/h9H,1-8H2,(H,13,14)(H2,11,15,16). The molecule has 0 aromatic rings. The van der Waals surface area contributed by atoms with Crippen molar-refractivity contribution in [3.63, 3.8) is 0 Å². The molecule has 0 atom stereocenters. The first-order valence-electron chi connectivity index (χ1n) is 5.81. The van der Waals surface area contributed by atoms with Gasteiger partial charge >= 0.3 is 5.97 Å². The number of carbonyl (C=O) groups is 1. The second kappa shape index (κ2) is 6.32. The summed E-state index contributed by atoms with van der Waals surface area (Å²) in [7, 11) is -3.38. The van der Waals surface area contributed by atoms with Gasteiger partial charge < -0.3 is 10.0 Å². The molecule has 0 aromatic carbocycles. The quantitative estimate of drug-likeness (QED) is 0.695. The molecule has 6 nitrogen and oxygen atoms in total. The lowest BCUT2D eigenvalue weighted by molar-refractivity contribution is -0.137. The highest BCUT2D eigenvalue weighted by Crippen LogP contribution is 2.21. The molecule has 1 rings (SSSR count). The van der Waals surface area contributed by atoms with Gasteiger partial charge in [0.1, 0.15) is 0 Å². The molecule has 0 aliphatic carbocycles. The third-order valence-electron chi connectivity index (χ3n) is 3.17. The van der Waals surface area contributed by atoms with Crippen molar-refractivity contribution < 1.29 is 18.3 Å². The zero-order valence-electron chi connectivity index (χ0n) is 9.84. The van der Waals surface area contributed by atoms with Gasteiger partial charge in [0.2, 0.25) is 10.0 Å². The van der Waals surface area contributed by atoms with Crippen molar-refractivity contribution in [3.8, 4) is 0 Å². The van der Waals surface area contributed by atoms with Gasteiger partial charge in [-0.15, -0.1) is 0 Å². The Morgan fingerprint density at radius 2 is 1.94 bits per heavy atom. The number of carboxylic acid groups (broad SMARTS) is 1. The van der Waals surface area contributed by atoms with Gasteiger partial charge in [-0.1, -0.05) is 0 Å². The van der Waals surface area contributed by atoms with Gasteiger partial charge in [-0.05, 0) is 38.3 Å². The molecule has 0 bridgehead atoms. The molecule has 0 unspecified atom stereocenters. The first-order valence-corrected chi connectivity index (χ1v) is 7.53. The van der Waals surface area contributed by atoms with E-state index in [1.165, 1.54) is 0 Å². The molecule has 0 saturated carbocycles. The molecule has 0 radical (unpaired) electrons. The highest BCUT2D eigenvalue weighted by Gasteiger charge is 2.20. The van der Waals surface area contributed by atoms with Crippen LogP contribution in [0.4, 0.5) is 0 Å². The molecule has 3 N–H and O–H groups in total. The van der Waals surface area contributed by atoms with E-state index in [1.807, 2.05) is 0 Å². The second-order valence-corrected chi connectivity index (χ2v) is 6.32. The summed E-state index contributed by atoms with van der Waals surface area (Å²) < 4.78 is 21.6. The lowest BCUT2D eigenvalue weighted by Gasteiger charge is -2.31. The van der Waals surface area contributed by atoms with E-state index in [9.17, 15) is 13.2 Å². The molecule has 1 fully saturated rings. The molecule has 1 heterocycles. The zero-order chi connectivity index (χ0) is 12.9. The van der Waals surface area contributed by atoms with E-state index >= 15 is 0 Å². The average Bonchev–Trinajstić information content (AvgIpc) is 2.24. The van der Waals surface area contributed by atoms with Crippen molar-refractivity contribution in [3.05, 3.63) is 0 Å². The maximum atomic E-state index is 10.8. The first-order chi connectivity index (χ1) is 7.87. The fraction of sp³-hybridized carbons (Fsp3) is 0.900. The summed E-state index contributed by atoms with van der Waals surface area (Å²) in [6.45, 7) is 2.14. The van der Waals surface area contributed by atoms with Gasteiger partial charge in [-0.2, -0.15) is 0 Å². The number of piperidine rings is 1. The van der Waals surface area contributed by atoms with Crippen LogP contribution in [0, 0.1) is 5.92 Å². The molecule has 1 aliphatic rings. The highest BCUT2D eigenvalue weighted by molar-refractivity contribution is 7.89. The van der Waals surface area contributed by atoms with E-state index in [-0.39, 0.29) is 12.2 Å². The van der Waals surface area contributed by atoms with Gasteiger partial charge in [0.15, 0.2) is 0 Å². The van der Waals surface area contributed by atoms with Crippen LogP contribution in [-0.2, 0) is 14.8 Å². The fourth-order valence-electron chi connectivity index (χ4n) is 2.08. The van der Waals surface area contributed by atoms with Gasteiger partial charge in [0.25, 0.3) is 0 Å². The van der Waals surface area contributed by atoms with E-state index in [0.717, 1.165) is 32.4 Å². The van der Waals surface area contributed by atoms with Crippen LogP contribution < -0.4 is 5.14 Å². The molecule has 1 saturated heterocycles. The number of carboxylic acids is 1. The number of hydrogen-bond donors (Lipinski definition) is 2. The highest BCUT2D eigenvalue weighted by atomic mass is 32.2. The summed E-state index contributed by atoms with van der Waals surface area (Å²) in [5, 5.41) is 13.5. The molecule has 17 heavy (non-hydrogen) atoms.